The second kappa shape index (κ2) is 9.96. The summed E-state index contributed by atoms with van der Waals surface area (Å²) < 4.78 is 4.75. The van der Waals surface area contributed by atoms with Gasteiger partial charge in [0.25, 0.3) is 0 Å². The summed E-state index contributed by atoms with van der Waals surface area (Å²) in [6, 6.07) is 8.94. The largest absolute Gasteiger partial charge is 0.383 e. The van der Waals surface area contributed by atoms with Crippen LogP contribution in [0.1, 0.15) is 6.92 Å². The van der Waals surface area contributed by atoms with Crippen LogP contribution in [-0.4, -0.2) is 38.0 Å². The van der Waals surface area contributed by atoms with Gasteiger partial charge in [0.05, 0.1) is 6.61 Å². The summed E-state index contributed by atoms with van der Waals surface area (Å²) in [4.78, 5) is 34.6. The monoisotopic (exact) mass is 320 g/mol. The highest BCUT2D eigenvalue weighted by atomic mass is 16.5. The van der Waals surface area contributed by atoms with Crippen molar-refractivity contribution in [2.75, 3.05) is 25.6 Å². The fourth-order valence-electron chi connectivity index (χ4n) is 1.49. The number of allylic oxidation sites excluding steroid dienone is 1. The SMILES string of the molecule is COCCNC(=O)C(=O)NNC(C)=CC(=O)Nc1ccccc1. The molecule has 1 aromatic rings. The number of anilines is 1. The lowest BCUT2D eigenvalue weighted by molar-refractivity contribution is -0.139. The third kappa shape index (κ3) is 7.63. The van der Waals surface area contributed by atoms with E-state index in [0.717, 1.165) is 0 Å². The zero-order valence-electron chi connectivity index (χ0n) is 13.0. The molecule has 0 radical (unpaired) electrons. The van der Waals surface area contributed by atoms with E-state index in [4.69, 9.17) is 4.74 Å². The van der Waals surface area contributed by atoms with Crippen LogP contribution in [0.4, 0.5) is 5.69 Å². The molecule has 3 amide bonds. The van der Waals surface area contributed by atoms with Crippen LogP contribution in [0.2, 0.25) is 0 Å². The van der Waals surface area contributed by atoms with E-state index in [9.17, 15) is 14.4 Å². The lowest BCUT2D eigenvalue weighted by Crippen LogP contribution is -2.46. The topological polar surface area (TPSA) is 109 Å². The quantitative estimate of drug-likeness (QED) is 0.243. The number of hydrogen-bond donors (Lipinski definition) is 4. The number of amides is 3. The van der Waals surface area contributed by atoms with E-state index in [1.54, 1.807) is 31.2 Å². The van der Waals surface area contributed by atoms with E-state index < -0.39 is 11.8 Å². The lowest BCUT2D eigenvalue weighted by Gasteiger charge is -2.09. The highest BCUT2D eigenvalue weighted by molar-refractivity contribution is 6.34. The first-order valence-corrected chi connectivity index (χ1v) is 6.90. The van der Waals surface area contributed by atoms with Crippen LogP contribution >= 0.6 is 0 Å². The molecule has 0 unspecified atom stereocenters. The van der Waals surface area contributed by atoms with Gasteiger partial charge in [-0.3, -0.25) is 19.8 Å². The van der Waals surface area contributed by atoms with E-state index in [1.807, 2.05) is 6.07 Å². The number of hydrogen-bond acceptors (Lipinski definition) is 5. The number of ether oxygens (including phenoxy) is 1. The van der Waals surface area contributed by atoms with E-state index in [2.05, 4.69) is 21.5 Å². The molecule has 0 saturated heterocycles. The van der Waals surface area contributed by atoms with Gasteiger partial charge in [-0.05, 0) is 19.1 Å². The van der Waals surface area contributed by atoms with Crippen LogP contribution in [0.5, 0.6) is 0 Å². The van der Waals surface area contributed by atoms with Gasteiger partial charge >= 0.3 is 11.8 Å². The van der Waals surface area contributed by atoms with Gasteiger partial charge < -0.3 is 20.8 Å². The molecule has 124 valence electrons. The third-order valence-corrected chi connectivity index (χ3v) is 2.56. The van der Waals surface area contributed by atoms with Gasteiger partial charge in [-0.1, -0.05) is 18.2 Å². The van der Waals surface area contributed by atoms with Gasteiger partial charge in [-0.2, -0.15) is 0 Å². The molecule has 0 aliphatic carbocycles. The Bertz CT molecular complexity index is 572. The molecule has 0 aliphatic rings. The van der Waals surface area contributed by atoms with Crippen molar-refractivity contribution in [1.29, 1.82) is 0 Å². The Kier molecular flexibility index (Phi) is 7.87. The smallest absolute Gasteiger partial charge is 0.327 e. The Balaban J connectivity index is 2.37. The predicted octanol–water partition coefficient (Wildman–Crippen LogP) is -0.0877. The molecule has 8 nitrogen and oxygen atoms in total. The molecule has 0 bridgehead atoms. The van der Waals surface area contributed by atoms with Crippen LogP contribution in [0.15, 0.2) is 42.1 Å². The number of methoxy groups -OCH3 is 1. The van der Waals surface area contributed by atoms with Crippen LogP contribution in [0.3, 0.4) is 0 Å². The molecule has 8 heteroatoms. The first-order chi connectivity index (χ1) is 11.0. The maximum Gasteiger partial charge on any atom is 0.327 e. The number of hydrazine groups is 1. The van der Waals surface area contributed by atoms with Crippen LogP contribution < -0.4 is 21.5 Å². The molecule has 4 N–H and O–H groups in total. The van der Waals surface area contributed by atoms with Gasteiger partial charge in [0.1, 0.15) is 0 Å². The number of benzene rings is 1. The summed E-state index contributed by atoms with van der Waals surface area (Å²) in [6.07, 6.45) is 1.26. The van der Waals surface area contributed by atoms with Crippen molar-refractivity contribution in [1.82, 2.24) is 16.2 Å². The van der Waals surface area contributed by atoms with Gasteiger partial charge in [0.15, 0.2) is 0 Å². The van der Waals surface area contributed by atoms with E-state index in [-0.39, 0.29) is 12.5 Å². The fourth-order valence-corrected chi connectivity index (χ4v) is 1.49. The van der Waals surface area contributed by atoms with Crippen molar-refractivity contribution in [2.24, 2.45) is 0 Å². The first-order valence-electron chi connectivity index (χ1n) is 6.90. The zero-order valence-corrected chi connectivity index (χ0v) is 13.0. The van der Waals surface area contributed by atoms with Crippen molar-refractivity contribution >= 4 is 23.4 Å². The Morgan fingerprint density at radius 3 is 2.43 bits per heavy atom. The number of rotatable bonds is 7. The fraction of sp³-hybridized carbons (Fsp3) is 0.267. The summed E-state index contributed by atoms with van der Waals surface area (Å²) in [6.45, 7) is 2.12. The van der Waals surface area contributed by atoms with Crippen LogP contribution in [0, 0.1) is 0 Å². The van der Waals surface area contributed by atoms with Crippen LogP contribution in [-0.2, 0) is 19.1 Å². The highest BCUT2D eigenvalue weighted by Gasteiger charge is 2.12. The molecule has 23 heavy (non-hydrogen) atoms. The number of para-hydroxylation sites is 1. The normalized spacial score (nSPS) is 10.6. The zero-order chi connectivity index (χ0) is 17.1. The second-order valence-corrected chi connectivity index (χ2v) is 4.51. The molecule has 0 fully saturated rings. The minimum absolute atomic E-state index is 0.233. The number of carbonyl (C=O) groups is 3. The molecule has 0 aliphatic heterocycles. The Morgan fingerprint density at radius 1 is 1.09 bits per heavy atom. The van der Waals surface area contributed by atoms with Gasteiger partial charge in [0, 0.05) is 31.1 Å². The Hall–Kier alpha value is -2.87. The van der Waals surface area contributed by atoms with E-state index in [1.165, 1.54) is 13.2 Å². The minimum atomic E-state index is -0.864. The summed E-state index contributed by atoms with van der Waals surface area (Å²) in [5, 5.41) is 5.02. The lowest BCUT2D eigenvalue weighted by atomic mass is 10.3. The summed E-state index contributed by atoms with van der Waals surface area (Å²) in [7, 11) is 1.49. The summed E-state index contributed by atoms with van der Waals surface area (Å²) in [5.41, 5.74) is 5.69. The van der Waals surface area contributed by atoms with Crippen molar-refractivity contribution < 1.29 is 19.1 Å². The molecule has 0 spiro atoms. The summed E-state index contributed by atoms with van der Waals surface area (Å²) >= 11 is 0. The summed E-state index contributed by atoms with van der Waals surface area (Å²) in [5.74, 6) is -2.02. The molecule has 0 heterocycles. The second-order valence-electron chi connectivity index (χ2n) is 4.51. The standard InChI is InChI=1S/C15H20N4O4/c1-11(10-13(20)17-12-6-4-3-5-7-12)18-19-15(22)14(21)16-8-9-23-2/h3-7,10,18H,8-9H2,1-2H3,(H,16,21)(H,17,20)(H,19,22). The average Bonchev–Trinajstić information content (AvgIpc) is 2.53. The first kappa shape index (κ1) is 18.2. The number of carbonyl (C=O) groups excluding carboxylic acids is 3. The van der Waals surface area contributed by atoms with Gasteiger partial charge in [-0.25, -0.2) is 0 Å². The van der Waals surface area contributed by atoms with Gasteiger partial charge in [0.2, 0.25) is 5.91 Å². The van der Waals surface area contributed by atoms with E-state index in [0.29, 0.717) is 18.0 Å². The molecule has 1 aromatic carbocycles. The molecule has 0 aromatic heterocycles. The highest BCUT2D eigenvalue weighted by Crippen LogP contribution is 2.04. The van der Waals surface area contributed by atoms with Crippen molar-refractivity contribution in [3.8, 4) is 0 Å². The molecule has 0 saturated carbocycles. The van der Waals surface area contributed by atoms with Crippen molar-refractivity contribution in [3.05, 3.63) is 42.1 Å². The molecule has 0 atom stereocenters. The Labute approximate surface area is 134 Å². The predicted molar refractivity (Wildman–Crippen MR) is 85.0 cm³/mol. The third-order valence-electron chi connectivity index (χ3n) is 2.56. The average molecular weight is 320 g/mol. The van der Waals surface area contributed by atoms with Crippen molar-refractivity contribution in [2.45, 2.75) is 6.92 Å². The molecule has 1 rings (SSSR count). The maximum atomic E-state index is 11.7. The molecular weight excluding hydrogens is 300 g/mol. The molecular formula is C15H20N4O4. The number of nitrogens with one attached hydrogen (secondary N) is 4. The maximum absolute atomic E-state index is 11.7. The van der Waals surface area contributed by atoms with Gasteiger partial charge in [-0.15, -0.1) is 0 Å². The van der Waals surface area contributed by atoms with Crippen LogP contribution in [0.25, 0.3) is 0 Å². The Morgan fingerprint density at radius 2 is 1.78 bits per heavy atom. The minimum Gasteiger partial charge on any atom is -0.383 e. The van der Waals surface area contributed by atoms with E-state index >= 15 is 0 Å². The van der Waals surface area contributed by atoms with Crippen molar-refractivity contribution in [3.63, 3.8) is 0 Å².